The Balaban J connectivity index is 1.59. The number of Topliss-reactive ketones (excluding diaryl/α,β-unsaturated/α-hetero) is 1. The molecule has 0 aliphatic carbocycles. The lowest BCUT2D eigenvalue weighted by molar-refractivity contribution is -0.140. The van der Waals surface area contributed by atoms with E-state index < -0.39 is 17.7 Å². The zero-order valence-electron chi connectivity index (χ0n) is 17.6. The van der Waals surface area contributed by atoms with Crippen molar-refractivity contribution in [1.82, 2.24) is 4.90 Å². The van der Waals surface area contributed by atoms with E-state index in [0.29, 0.717) is 22.8 Å². The minimum Gasteiger partial charge on any atom is -0.507 e. The molecule has 1 atom stereocenters. The van der Waals surface area contributed by atoms with E-state index >= 15 is 0 Å². The van der Waals surface area contributed by atoms with Crippen LogP contribution in [0.25, 0.3) is 5.76 Å². The summed E-state index contributed by atoms with van der Waals surface area (Å²) in [7, 11) is 0. The molecule has 32 heavy (non-hydrogen) atoms. The molecule has 3 heterocycles. The Hall–Kier alpha value is -4.00. The second-order valence-corrected chi connectivity index (χ2v) is 7.93. The van der Waals surface area contributed by atoms with E-state index in [4.69, 9.17) is 13.9 Å². The molecule has 5 rings (SSSR count). The van der Waals surface area contributed by atoms with Gasteiger partial charge in [0.25, 0.3) is 11.7 Å². The summed E-state index contributed by atoms with van der Waals surface area (Å²) >= 11 is 0. The standard InChI is InChI=1S/C25H21NO6/c1-14-5-7-17(10-15(14)2)23(27)21-22(19-4-3-9-30-19)26(25(29)24(21)28)12-16-6-8-18-20(11-16)32-13-31-18/h3-11,22,27H,12-13H2,1-2H3/b23-21-. The number of hydrogen-bond acceptors (Lipinski definition) is 6. The molecule has 0 spiro atoms. The number of carbonyl (C=O) groups excluding carboxylic acids is 2. The number of amides is 1. The molecular formula is C25H21NO6. The van der Waals surface area contributed by atoms with Crippen LogP contribution in [0.15, 0.2) is 64.8 Å². The maximum atomic E-state index is 13.1. The third-order valence-corrected chi connectivity index (χ3v) is 5.92. The van der Waals surface area contributed by atoms with Gasteiger partial charge >= 0.3 is 0 Å². The average molecular weight is 431 g/mol. The summed E-state index contributed by atoms with van der Waals surface area (Å²) in [5.41, 5.74) is 3.28. The summed E-state index contributed by atoms with van der Waals surface area (Å²) < 4.78 is 16.4. The van der Waals surface area contributed by atoms with Crippen LogP contribution in [-0.2, 0) is 16.1 Å². The molecule has 2 aliphatic heterocycles. The predicted octanol–water partition coefficient (Wildman–Crippen LogP) is 4.25. The van der Waals surface area contributed by atoms with Gasteiger partial charge in [-0.3, -0.25) is 9.59 Å². The highest BCUT2D eigenvalue weighted by atomic mass is 16.7. The number of aliphatic hydroxyl groups is 1. The molecule has 1 aromatic heterocycles. The summed E-state index contributed by atoms with van der Waals surface area (Å²) in [5, 5.41) is 11.1. The van der Waals surface area contributed by atoms with E-state index in [1.54, 1.807) is 36.4 Å². The van der Waals surface area contributed by atoms with Gasteiger partial charge in [-0.25, -0.2) is 0 Å². The zero-order chi connectivity index (χ0) is 22.4. The highest BCUT2D eigenvalue weighted by molar-refractivity contribution is 6.46. The van der Waals surface area contributed by atoms with Gasteiger partial charge in [-0.1, -0.05) is 18.2 Å². The van der Waals surface area contributed by atoms with Crippen LogP contribution in [0.1, 0.15) is 34.1 Å². The van der Waals surface area contributed by atoms with Crippen LogP contribution in [0.4, 0.5) is 0 Å². The summed E-state index contributed by atoms with van der Waals surface area (Å²) in [4.78, 5) is 27.5. The molecule has 1 amide bonds. The molecule has 162 valence electrons. The van der Waals surface area contributed by atoms with Gasteiger partial charge in [0.1, 0.15) is 17.6 Å². The number of furan rings is 1. The van der Waals surface area contributed by atoms with Crippen molar-refractivity contribution in [2.24, 2.45) is 0 Å². The summed E-state index contributed by atoms with van der Waals surface area (Å²) in [6.07, 6.45) is 1.48. The van der Waals surface area contributed by atoms with Crippen molar-refractivity contribution in [3.8, 4) is 11.5 Å². The van der Waals surface area contributed by atoms with Crippen molar-refractivity contribution >= 4 is 17.4 Å². The number of ketones is 1. The number of hydrogen-bond donors (Lipinski definition) is 1. The molecular weight excluding hydrogens is 410 g/mol. The number of nitrogens with zero attached hydrogens (tertiary/aromatic N) is 1. The van der Waals surface area contributed by atoms with E-state index in [0.717, 1.165) is 16.7 Å². The van der Waals surface area contributed by atoms with Crippen LogP contribution in [0.3, 0.4) is 0 Å². The van der Waals surface area contributed by atoms with E-state index in [9.17, 15) is 14.7 Å². The van der Waals surface area contributed by atoms with E-state index in [2.05, 4.69) is 0 Å². The normalized spacial score (nSPS) is 19.1. The number of fused-ring (bicyclic) bond motifs is 1. The largest absolute Gasteiger partial charge is 0.507 e. The van der Waals surface area contributed by atoms with Gasteiger partial charge in [0.2, 0.25) is 6.79 Å². The molecule has 1 unspecified atom stereocenters. The fourth-order valence-corrected chi connectivity index (χ4v) is 4.07. The highest BCUT2D eigenvalue weighted by Gasteiger charge is 2.47. The molecule has 1 fully saturated rings. The van der Waals surface area contributed by atoms with Crippen molar-refractivity contribution < 1.29 is 28.6 Å². The van der Waals surface area contributed by atoms with E-state index in [1.807, 2.05) is 26.0 Å². The minimum absolute atomic E-state index is 0.00828. The van der Waals surface area contributed by atoms with Crippen molar-refractivity contribution in [2.75, 3.05) is 6.79 Å². The van der Waals surface area contributed by atoms with Crippen LogP contribution >= 0.6 is 0 Å². The molecule has 7 nitrogen and oxygen atoms in total. The first-order valence-corrected chi connectivity index (χ1v) is 10.2. The van der Waals surface area contributed by atoms with Crippen molar-refractivity contribution in [1.29, 1.82) is 0 Å². The lowest BCUT2D eigenvalue weighted by Gasteiger charge is -2.23. The second-order valence-electron chi connectivity index (χ2n) is 7.93. The van der Waals surface area contributed by atoms with E-state index in [1.165, 1.54) is 11.2 Å². The first-order valence-electron chi connectivity index (χ1n) is 10.2. The fraction of sp³-hybridized carbons (Fsp3) is 0.200. The number of ether oxygens (including phenoxy) is 2. The van der Waals surface area contributed by atoms with Crippen LogP contribution < -0.4 is 9.47 Å². The smallest absolute Gasteiger partial charge is 0.296 e. The number of benzene rings is 2. The Labute approximate surface area is 184 Å². The number of rotatable bonds is 4. The summed E-state index contributed by atoms with van der Waals surface area (Å²) in [6.45, 7) is 4.17. The first kappa shape index (κ1) is 19.9. The van der Waals surface area contributed by atoms with Gasteiger partial charge in [0.15, 0.2) is 11.5 Å². The minimum atomic E-state index is -0.850. The van der Waals surface area contributed by atoms with Gasteiger partial charge in [-0.15, -0.1) is 0 Å². The topological polar surface area (TPSA) is 89.2 Å². The van der Waals surface area contributed by atoms with Gasteiger partial charge in [-0.2, -0.15) is 0 Å². The van der Waals surface area contributed by atoms with Crippen LogP contribution in [0.2, 0.25) is 0 Å². The molecule has 0 saturated carbocycles. The maximum absolute atomic E-state index is 13.1. The second kappa shape index (κ2) is 7.60. The number of carbonyl (C=O) groups is 2. The number of likely N-dealkylation sites (tertiary alicyclic amines) is 1. The maximum Gasteiger partial charge on any atom is 0.296 e. The van der Waals surface area contributed by atoms with E-state index in [-0.39, 0.29) is 24.7 Å². The third-order valence-electron chi connectivity index (χ3n) is 5.92. The summed E-state index contributed by atoms with van der Waals surface area (Å²) in [5.74, 6) is -0.0504. The fourth-order valence-electron chi connectivity index (χ4n) is 4.07. The van der Waals surface area contributed by atoms with Crippen LogP contribution in [0.5, 0.6) is 11.5 Å². The van der Waals surface area contributed by atoms with Gasteiger partial charge in [-0.05, 0) is 60.9 Å². The zero-order valence-corrected chi connectivity index (χ0v) is 17.6. The summed E-state index contributed by atoms with van der Waals surface area (Å²) in [6, 6.07) is 13.3. The lowest BCUT2D eigenvalue weighted by atomic mass is 9.97. The Morgan fingerprint density at radius 2 is 1.84 bits per heavy atom. The Morgan fingerprint density at radius 3 is 2.59 bits per heavy atom. The first-order chi connectivity index (χ1) is 15.4. The van der Waals surface area contributed by atoms with Gasteiger partial charge in [0.05, 0.1) is 11.8 Å². The molecule has 3 aromatic rings. The molecule has 2 aliphatic rings. The van der Waals surface area contributed by atoms with Crippen LogP contribution in [-0.4, -0.2) is 28.5 Å². The third kappa shape index (κ3) is 3.22. The Kier molecular flexibility index (Phi) is 4.74. The molecule has 0 bridgehead atoms. The van der Waals surface area contributed by atoms with Crippen molar-refractivity contribution in [2.45, 2.75) is 26.4 Å². The average Bonchev–Trinajstić information content (AvgIpc) is 3.52. The molecule has 0 radical (unpaired) electrons. The Bertz CT molecular complexity index is 1260. The van der Waals surface area contributed by atoms with Gasteiger partial charge < -0.3 is 23.9 Å². The monoisotopic (exact) mass is 431 g/mol. The number of aryl methyl sites for hydroxylation is 2. The van der Waals surface area contributed by atoms with Gasteiger partial charge in [0, 0.05) is 12.1 Å². The van der Waals surface area contributed by atoms with Crippen LogP contribution in [0, 0.1) is 13.8 Å². The predicted molar refractivity (Wildman–Crippen MR) is 115 cm³/mol. The highest BCUT2D eigenvalue weighted by Crippen LogP contribution is 2.41. The molecule has 2 aromatic carbocycles. The SMILES string of the molecule is Cc1ccc(/C(O)=C2/C(=O)C(=O)N(Cc3ccc4c(c3)OCO4)C2c2ccco2)cc1C. The van der Waals surface area contributed by atoms with Crippen molar-refractivity contribution in [3.63, 3.8) is 0 Å². The molecule has 7 heteroatoms. The van der Waals surface area contributed by atoms with Crippen molar-refractivity contribution in [3.05, 3.63) is 88.4 Å². The lowest BCUT2D eigenvalue weighted by Crippen LogP contribution is -2.29. The quantitative estimate of drug-likeness (QED) is 0.377. The number of aliphatic hydroxyl groups excluding tert-OH is 1. The molecule has 1 N–H and O–H groups in total. The molecule has 1 saturated heterocycles. The Morgan fingerprint density at radius 1 is 1.03 bits per heavy atom.